The molecule has 0 N–H and O–H groups in total. The smallest absolute Gasteiger partial charge is 0.337 e. The van der Waals surface area contributed by atoms with Crippen molar-refractivity contribution < 1.29 is 28.2 Å². The van der Waals surface area contributed by atoms with Crippen molar-refractivity contribution in [3.05, 3.63) is 94.1 Å². The summed E-state index contributed by atoms with van der Waals surface area (Å²) in [7, 11) is 4.51. The molecule has 1 fully saturated rings. The largest absolute Gasteiger partial charge is 0.493 e. The highest BCUT2D eigenvalue weighted by atomic mass is 32.2. The molecule has 0 atom stereocenters. The molecule has 9 heteroatoms. The molecule has 3 aromatic rings. The van der Waals surface area contributed by atoms with Crippen molar-refractivity contribution in [1.82, 2.24) is 4.90 Å². The van der Waals surface area contributed by atoms with E-state index in [0.717, 1.165) is 5.56 Å². The lowest BCUT2D eigenvalue weighted by Crippen LogP contribution is -2.23. The van der Waals surface area contributed by atoms with Crippen LogP contribution in [-0.4, -0.2) is 43.2 Å². The second-order valence-corrected chi connectivity index (χ2v) is 8.75. The number of esters is 1. The Morgan fingerprint density at radius 2 is 1.83 bits per heavy atom. The van der Waals surface area contributed by atoms with Gasteiger partial charge in [-0.2, -0.15) is 0 Å². The zero-order chi connectivity index (χ0) is 25.7. The highest BCUT2D eigenvalue weighted by Crippen LogP contribution is 2.35. The third-order valence-corrected chi connectivity index (χ3v) is 6.35. The summed E-state index contributed by atoms with van der Waals surface area (Å²) in [5.41, 5.74) is 2.47. The molecule has 0 radical (unpaired) electrons. The molecule has 0 aliphatic carbocycles. The van der Waals surface area contributed by atoms with Crippen LogP contribution in [0.25, 0.3) is 6.08 Å². The van der Waals surface area contributed by atoms with Gasteiger partial charge in [0.25, 0.3) is 5.91 Å². The van der Waals surface area contributed by atoms with Gasteiger partial charge in [0.1, 0.15) is 12.4 Å². The lowest BCUT2D eigenvalue weighted by molar-refractivity contribution is -0.121. The SMILES string of the molecule is COC(=O)c1ccc(N=C2S/C(=C\c3ccc(OCc4cccc(F)c4)c(OC)c3)C(=O)N2C)cc1. The Hall–Kier alpha value is -4.11. The van der Waals surface area contributed by atoms with Gasteiger partial charge in [0.05, 0.1) is 30.4 Å². The molecule has 0 aromatic heterocycles. The molecule has 1 saturated heterocycles. The maximum absolute atomic E-state index is 13.4. The minimum atomic E-state index is -0.428. The molecular formula is C27H23FN2O5S. The number of aliphatic imine (C=N–C) groups is 1. The number of hydrogen-bond acceptors (Lipinski definition) is 7. The molecule has 0 unspecified atom stereocenters. The Balaban J connectivity index is 1.50. The van der Waals surface area contributed by atoms with Gasteiger partial charge in [-0.05, 0) is 77.5 Å². The maximum Gasteiger partial charge on any atom is 0.337 e. The van der Waals surface area contributed by atoms with Gasteiger partial charge < -0.3 is 14.2 Å². The summed E-state index contributed by atoms with van der Waals surface area (Å²) in [5.74, 6) is 0.0566. The first-order valence-electron chi connectivity index (χ1n) is 10.9. The maximum atomic E-state index is 13.4. The molecule has 7 nitrogen and oxygen atoms in total. The van der Waals surface area contributed by atoms with Crippen LogP contribution in [0.2, 0.25) is 0 Å². The van der Waals surface area contributed by atoms with E-state index in [1.807, 2.05) is 6.07 Å². The Bertz CT molecular complexity index is 1350. The van der Waals surface area contributed by atoms with E-state index in [4.69, 9.17) is 14.2 Å². The average Bonchev–Trinajstić information content (AvgIpc) is 3.15. The van der Waals surface area contributed by atoms with Crippen LogP contribution in [0.4, 0.5) is 10.1 Å². The Morgan fingerprint density at radius 1 is 1.06 bits per heavy atom. The van der Waals surface area contributed by atoms with E-state index < -0.39 is 5.97 Å². The molecule has 36 heavy (non-hydrogen) atoms. The summed E-state index contributed by atoms with van der Waals surface area (Å²) < 4.78 is 29.4. The topological polar surface area (TPSA) is 77.4 Å². The second kappa shape index (κ2) is 11.1. The number of ether oxygens (including phenoxy) is 3. The number of rotatable bonds is 7. The second-order valence-electron chi connectivity index (χ2n) is 7.74. The molecule has 1 aliphatic heterocycles. The molecule has 1 heterocycles. The first kappa shape index (κ1) is 25.0. The number of carbonyl (C=O) groups is 2. The highest BCUT2D eigenvalue weighted by Gasteiger charge is 2.30. The van der Waals surface area contributed by atoms with Crippen molar-refractivity contribution in [3.63, 3.8) is 0 Å². The summed E-state index contributed by atoms with van der Waals surface area (Å²) >= 11 is 1.25. The lowest BCUT2D eigenvalue weighted by atomic mass is 10.1. The molecule has 1 aliphatic rings. The number of thioether (sulfide) groups is 1. The van der Waals surface area contributed by atoms with Gasteiger partial charge in [0.15, 0.2) is 16.7 Å². The summed E-state index contributed by atoms with van der Waals surface area (Å²) in [4.78, 5) is 30.9. The van der Waals surface area contributed by atoms with E-state index in [-0.39, 0.29) is 18.3 Å². The van der Waals surface area contributed by atoms with Crippen LogP contribution in [0.3, 0.4) is 0 Å². The minimum absolute atomic E-state index is 0.185. The predicted molar refractivity (Wildman–Crippen MR) is 137 cm³/mol. The quantitative estimate of drug-likeness (QED) is 0.314. The molecular weight excluding hydrogens is 483 g/mol. The number of benzene rings is 3. The number of carbonyl (C=O) groups excluding carboxylic acids is 2. The van der Waals surface area contributed by atoms with Crippen molar-refractivity contribution in [2.24, 2.45) is 4.99 Å². The lowest BCUT2D eigenvalue weighted by Gasteiger charge is -2.11. The third-order valence-electron chi connectivity index (χ3n) is 5.29. The van der Waals surface area contributed by atoms with Crippen LogP contribution in [0.15, 0.2) is 76.6 Å². The minimum Gasteiger partial charge on any atom is -0.493 e. The molecule has 3 aromatic carbocycles. The zero-order valence-corrected chi connectivity index (χ0v) is 20.7. The van der Waals surface area contributed by atoms with Gasteiger partial charge in [-0.1, -0.05) is 18.2 Å². The number of likely N-dealkylation sites (N-methyl/N-ethyl adjacent to an activating group) is 1. The van der Waals surface area contributed by atoms with Crippen molar-refractivity contribution in [2.75, 3.05) is 21.3 Å². The molecule has 184 valence electrons. The van der Waals surface area contributed by atoms with Gasteiger partial charge in [-0.3, -0.25) is 9.69 Å². The molecule has 0 bridgehead atoms. The summed E-state index contributed by atoms with van der Waals surface area (Å²) in [6, 6.07) is 18.1. The predicted octanol–water partition coefficient (Wildman–Crippen LogP) is 5.43. The van der Waals surface area contributed by atoms with Crippen LogP contribution < -0.4 is 9.47 Å². The van der Waals surface area contributed by atoms with Gasteiger partial charge in [-0.25, -0.2) is 14.2 Å². The Morgan fingerprint density at radius 3 is 2.53 bits per heavy atom. The fraction of sp³-hybridized carbons (Fsp3) is 0.148. The fourth-order valence-electron chi connectivity index (χ4n) is 3.38. The van der Waals surface area contributed by atoms with E-state index in [1.54, 1.807) is 61.7 Å². The summed E-state index contributed by atoms with van der Waals surface area (Å²) in [6.07, 6.45) is 1.76. The third kappa shape index (κ3) is 5.75. The Kier molecular flexibility index (Phi) is 7.70. The van der Waals surface area contributed by atoms with E-state index in [0.29, 0.717) is 38.4 Å². The average molecular weight is 507 g/mol. The molecule has 0 spiro atoms. The van der Waals surface area contributed by atoms with Gasteiger partial charge >= 0.3 is 5.97 Å². The van der Waals surface area contributed by atoms with Crippen LogP contribution in [0.5, 0.6) is 11.5 Å². The molecule has 1 amide bonds. The van der Waals surface area contributed by atoms with Gasteiger partial charge in [0, 0.05) is 7.05 Å². The normalized spacial score (nSPS) is 15.4. The number of nitrogens with zero attached hydrogens (tertiary/aromatic N) is 2. The van der Waals surface area contributed by atoms with E-state index in [9.17, 15) is 14.0 Å². The first-order valence-corrected chi connectivity index (χ1v) is 11.7. The van der Waals surface area contributed by atoms with Crippen LogP contribution in [0, 0.1) is 5.82 Å². The summed E-state index contributed by atoms with van der Waals surface area (Å²) in [5, 5.41) is 0.513. The highest BCUT2D eigenvalue weighted by molar-refractivity contribution is 8.18. The van der Waals surface area contributed by atoms with Crippen LogP contribution >= 0.6 is 11.8 Å². The van der Waals surface area contributed by atoms with E-state index >= 15 is 0 Å². The number of halogens is 1. The zero-order valence-electron chi connectivity index (χ0n) is 19.9. The standard InChI is InChI=1S/C27H23FN2O5S/c1-30-25(31)24(36-27(30)29-21-10-8-19(9-11-21)26(32)34-3)15-17-7-12-22(23(14-17)33-2)35-16-18-5-4-6-20(28)13-18/h4-15H,16H2,1-3H3/b24-15-,29-27?. The fourth-order valence-corrected chi connectivity index (χ4v) is 4.37. The first-order chi connectivity index (χ1) is 17.4. The van der Waals surface area contributed by atoms with Crippen molar-refractivity contribution in [1.29, 1.82) is 0 Å². The van der Waals surface area contributed by atoms with E-state index in [2.05, 4.69) is 4.99 Å². The number of methoxy groups -OCH3 is 2. The van der Waals surface area contributed by atoms with Crippen LogP contribution in [0.1, 0.15) is 21.5 Å². The number of hydrogen-bond donors (Lipinski definition) is 0. The van der Waals surface area contributed by atoms with Crippen molar-refractivity contribution in [2.45, 2.75) is 6.61 Å². The number of amidine groups is 1. The summed E-state index contributed by atoms with van der Waals surface area (Å²) in [6.45, 7) is 0.189. The van der Waals surface area contributed by atoms with Crippen molar-refractivity contribution in [3.8, 4) is 11.5 Å². The van der Waals surface area contributed by atoms with Crippen molar-refractivity contribution >= 4 is 40.6 Å². The monoisotopic (exact) mass is 506 g/mol. The van der Waals surface area contributed by atoms with E-state index in [1.165, 1.54) is 43.0 Å². The molecule has 0 saturated carbocycles. The Labute approximate surface area is 212 Å². The van der Waals surface area contributed by atoms with Gasteiger partial charge in [-0.15, -0.1) is 0 Å². The molecule has 4 rings (SSSR count). The number of amides is 1. The van der Waals surface area contributed by atoms with Gasteiger partial charge in [0.2, 0.25) is 0 Å². The van der Waals surface area contributed by atoms with Crippen LogP contribution in [-0.2, 0) is 16.1 Å².